The first-order valence-electron chi connectivity index (χ1n) is 6.84. The smallest absolute Gasteiger partial charge is 0.240 e. The maximum atomic E-state index is 12.3. The number of nitrogens with two attached hydrogens (primary N) is 1. The van der Waals surface area contributed by atoms with Crippen LogP contribution in [0.3, 0.4) is 0 Å². The summed E-state index contributed by atoms with van der Waals surface area (Å²) in [4.78, 5) is 5.58. The van der Waals surface area contributed by atoms with Crippen LogP contribution in [0.2, 0.25) is 0 Å². The quantitative estimate of drug-likeness (QED) is 0.753. The van der Waals surface area contributed by atoms with Gasteiger partial charge < -0.3 is 4.90 Å². The van der Waals surface area contributed by atoms with Gasteiger partial charge in [-0.3, -0.25) is 0 Å². The standard InChI is InChI=1S/C14H18N4O4S2/c1-18(2)14-7-6-11(9-16-14)10-17-24(21,22)13-5-3-4-12(8-13)23(15,19)20/h3-9,17H,10H2,1-2H3,(H2,15,19,20). The zero-order valence-electron chi connectivity index (χ0n) is 13.2. The van der Waals surface area contributed by atoms with E-state index in [1.54, 1.807) is 18.3 Å². The van der Waals surface area contributed by atoms with Crippen LogP contribution in [0.5, 0.6) is 0 Å². The molecule has 0 bridgehead atoms. The average Bonchev–Trinajstić information content (AvgIpc) is 2.53. The van der Waals surface area contributed by atoms with Crippen molar-refractivity contribution in [3.63, 3.8) is 0 Å². The highest BCUT2D eigenvalue weighted by molar-refractivity contribution is 7.90. The van der Waals surface area contributed by atoms with Crippen LogP contribution in [0.4, 0.5) is 5.82 Å². The molecule has 0 unspecified atom stereocenters. The van der Waals surface area contributed by atoms with Crippen LogP contribution in [0.15, 0.2) is 52.4 Å². The average molecular weight is 370 g/mol. The Kier molecular flexibility index (Phi) is 5.23. The molecule has 0 radical (unpaired) electrons. The van der Waals surface area contributed by atoms with E-state index in [-0.39, 0.29) is 16.3 Å². The van der Waals surface area contributed by atoms with Gasteiger partial charge in [-0.25, -0.2) is 31.7 Å². The normalized spacial score (nSPS) is 12.1. The molecule has 1 aromatic heterocycles. The summed E-state index contributed by atoms with van der Waals surface area (Å²) in [6.45, 7) is 0.0304. The van der Waals surface area contributed by atoms with Gasteiger partial charge in [-0.15, -0.1) is 0 Å². The minimum atomic E-state index is -3.97. The maximum Gasteiger partial charge on any atom is 0.240 e. The summed E-state index contributed by atoms with van der Waals surface area (Å²) in [7, 11) is -4.15. The topological polar surface area (TPSA) is 122 Å². The molecule has 0 amide bonds. The molecule has 10 heteroatoms. The van der Waals surface area contributed by atoms with E-state index in [9.17, 15) is 16.8 Å². The summed E-state index contributed by atoms with van der Waals surface area (Å²) >= 11 is 0. The predicted molar refractivity (Wildman–Crippen MR) is 90.4 cm³/mol. The molecule has 0 saturated heterocycles. The van der Waals surface area contributed by atoms with Crippen molar-refractivity contribution >= 4 is 25.9 Å². The van der Waals surface area contributed by atoms with E-state index in [0.29, 0.717) is 5.56 Å². The maximum absolute atomic E-state index is 12.3. The second-order valence-electron chi connectivity index (χ2n) is 5.26. The fourth-order valence-electron chi connectivity index (χ4n) is 1.87. The highest BCUT2D eigenvalue weighted by Gasteiger charge is 2.17. The number of rotatable bonds is 6. The third-order valence-corrected chi connectivity index (χ3v) is 5.49. The van der Waals surface area contributed by atoms with Crippen molar-refractivity contribution in [3.8, 4) is 0 Å². The van der Waals surface area contributed by atoms with Crippen LogP contribution in [-0.2, 0) is 26.6 Å². The molecule has 24 heavy (non-hydrogen) atoms. The minimum absolute atomic E-state index is 0.0304. The summed E-state index contributed by atoms with van der Waals surface area (Å²) in [5, 5.41) is 5.02. The molecule has 0 aliphatic carbocycles. The Balaban J connectivity index is 2.17. The van der Waals surface area contributed by atoms with Gasteiger partial charge in [0.15, 0.2) is 0 Å². The molecular formula is C14H18N4O4S2. The first-order valence-corrected chi connectivity index (χ1v) is 9.87. The molecule has 0 spiro atoms. The lowest BCUT2D eigenvalue weighted by atomic mass is 10.3. The van der Waals surface area contributed by atoms with E-state index in [0.717, 1.165) is 11.9 Å². The number of benzene rings is 1. The Morgan fingerprint density at radius 1 is 1.08 bits per heavy atom. The monoisotopic (exact) mass is 370 g/mol. The molecule has 1 aromatic carbocycles. The summed E-state index contributed by atoms with van der Waals surface area (Å²) in [6, 6.07) is 8.40. The molecule has 0 fully saturated rings. The Hall–Kier alpha value is -2.01. The number of nitrogens with one attached hydrogen (secondary N) is 1. The van der Waals surface area contributed by atoms with E-state index < -0.39 is 20.0 Å². The van der Waals surface area contributed by atoms with Gasteiger partial charge in [0.25, 0.3) is 0 Å². The molecule has 0 aliphatic rings. The summed E-state index contributed by atoms with van der Waals surface area (Å²) in [5.41, 5.74) is 0.673. The van der Waals surface area contributed by atoms with Crippen molar-refractivity contribution < 1.29 is 16.8 Å². The molecule has 0 saturated carbocycles. The van der Waals surface area contributed by atoms with Gasteiger partial charge in [0.05, 0.1) is 9.79 Å². The van der Waals surface area contributed by atoms with E-state index in [1.807, 2.05) is 19.0 Å². The Labute approximate surface area is 141 Å². The first-order chi connectivity index (χ1) is 11.1. The largest absolute Gasteiger partial charge is 0.363 e. The number of anilines is 1. The SMILES string of the molecule is CN(C)c1ccc(CNS(=O)(=O)c2cccc(S(N)(=O)=O)c2)cn1. The van der Waals surface area contributed by atoms with Crippen molar-refractivity contribution in [3.05, 3.63) is 48.2 Å². The van der Waals surface area contributed by atoms with Crippen LogP contribution in [0.1, 0.15) is 5.56 Å². The van der Waals surface area contributed by atoms with Crippen molar-refractivity contribution in [2.24, 2.45) is 5.14 Å². The lowest BCUT2D eigenvalue weighted by Crippen LogP contribution is -2.24. The zero-order valence-corrected chi connectivity index (χ0v) is 14.8. The van der Waals surface area contributed by atoms with Crippen LogP contribution < -0.4 is 14.8 Å². The van der Waals surface area contributed by atoms with Gasteiger partial charge in [0, 0.05) is 26.8 Å². The molecule has 0 aliphatic heterocycles. The highest BCUT2D eigenvalue weighted by atomic mass is 32.2. The lowest BCUT2D eigenvalue weighted by Gasteiger charge is -2.12. The van der Waals surface area contributed by atoms with E-state index in [2.05, 4.69) is 9.71 Å². The third-order valence-electron chi connectivity index (χ3n) is 3.18. The third kappa shape index (κ3) is 4.51. The predicted octanol–water partition coefficient (Wildman–Crippen LogP) is 0.274. The Bertz CT molecular complexity index is 924. The zero-order chi connectivity index (χ0) is 18.0. The Morgan fingerprint density at radius 3 is 2.29 bits per heavy atom. The number of nitrogens with zero attached hydrogens (tertiary/aromatic N) is 2. The molecular weight excluding hydrogens is 352 g/mol. The number of pyridine rings is 1. The highest BCUT2D eigenvalue weighted by Crippen LogP contribution is 2.15. The van der Waals surface area contributed by atoms with Crippen molar-refractivity contribution in [1.82, 2.24) is 9.71 Å². The number of sulfonamides is 2. The van der Waals surface area contributed by atoms with Crippen LogP contribution in [-0.4, -0.2) is 35.9 Å². The van der Waals surface area contributed by atoms with Gasteiger partial charge in [-0.2, -0.15) is 0 Å². The second-order valence-corrected chi connectivity index (χ2v) is 8.59. The van der Waals surface area contributed by atoms with Gasteiger partial charge >= 0.3 is 0 Å². The number of aromatic nitrogens is 1. The van der Waals surface area contributed by atoms with Crippen molar-refractivity contribution in [1.29, 1.82) is 0 Å². The fraction of sp³-hybridized carbons (Fsp3) is 0.214. The number of primary sulfonamides is 1. The number of hydrogen-bond acceptors (Lipinski definition) is 6. The second kappa shape index (κ2) is 6.85. The molecule has 2 aromatic rings. The molecule has 3 N–H and O–H groups in total. The fourth-order valence-corrected chi connectivity index (χ4v) is 3.56. The summed E-state index contributed by atoms with van der Waals surface area (Å²) in [5.74, 6) is 0.752. The molecule has 8 nitrogen and oxygen atoms in total. The van der Waals surface area contributed by atoms with Gasteiger partial charge in [0.1, 0.15) is 5.82 Å². The van der Waals surface area contributed by atoms with Gasteiger partial charge in [-0.1, -0.05) is 12.1 Å². The molecule has 0 atom stereocenters. The van der Waals surface area contributed by atoms with E-state index in [4.69, 9.17) is 5.14 Å². The summed E-state index contributed by atoms with van der Waals surface area (Å²) < 4.78 is 49.6. The molecule has 2 rings (SSSR count). The van der Waals surface area contributed by atoms with Gasteiger partial charge in [0.2, 0.25) is 20.0 Å². The van der Waals surface area contributed by atoms with Crippen LogP contribution >= 0.6 is 0 Å². The van der Waals surface area contributed by atoms with E-state index in [1.165, 1.54) is 18.2 Å². The van der Waals surface area contributed by atoms with Crippen molar-refractivity contribution in [2.45, 2.75) is 16.3 Å². The van der Waals surface area contributed by atoms with Crippen LogP contribution in [0, 0.1) is 0 Å². The Morgan fingerprint density at radius 2 is 1.75 bits per heavy atom. The molecule has 130 valence electrons. The minimum Gasteiger partial charge on any atom is -0.363 e. The first kappa shape index (κ1) is 18.3. The summed E-state index contributed by atoms with van der Waals surface area (Å²) in [6.07, 6.45) is 1.57. The van der Waals surface area contributed by atoms with Crippen LogP contribution in [0.25, 0.3) is 0 Å². The lowest BCUT2D eigenvalue weighted by molar-refractivity contribution is 0.581. The van der Waals surface area contributed by atoms with Gasteiger partial charge in [-0.05, 0) is 29.8 Å². The number of hydrogen-bond donors (Lipinski definition) is 2. The van der Waals surface area contributed by atoms with E-state index >= 15 is 0 Å². The van der Waals surface area contributed by atoms with Crippen molar-refractivity contribution in [2.75, 3.05) is 19.0 Å². The molecule has 1 heterocycles.